The molecule has 0 bridgehead atoms. The Morgan fingerprint density at radius 1 is 1.44 bits per heavy atom. The summed E-state index contributed by atoms with van der Waals surface area (Å²) in [6, 6.07) is 5.65. The summed E-state index contributed by atoms with van der Waals surface area (Å²) in [7, 11) is 1.58. The van der Waals surface area contributed by atoms with Crippen LogP contribution < -0.4 is 4.74 Å². The van der Waals surface area contributed by atoms with Gasteiger partial charge in [-0.1, -0.05) is 0 Å². The van der Waals surface area contributed by atoms with E-state index in [1.54, 1.807) is 13.4 Å². The predicted molar refractivity (Wildman–Crippen MR) is 69.0 cm³/mol. The first-order chi connectivity index (χ1) is 8.78. The number of ether oxygens (including phenoxy) is 1. The molecule has 0 aliphatic rings. The second-order valence-corrected chi connectivity index (χ2v) is 4.59. The van der Waals surface area contributed by atoms with Gasteiger partial charge < -0.3 is 9.15 Å². The lowest BCUT2D eigenvalue weighted by molar-refractivity contribution is 0.395. The number of alkyl halides is 1. The van der Waals surface area contributed by atoms with Gasteiger partial charge in [-0.2, -0.15) is 0 Å². The highest BCUT2D eigenvalue weighted by atomic mass is 35.5. The summed E-state index contributed by atoms with van der Waals surface area (Å²) in [5.41, 5.74) is 0.890. The van der Waals surface area contributed by atoms with E-state index in [2.05, 4.69) is 9.97 Å². The maximum Gasteiger partial charge on any atom is 0.216 e. The summed E-state index contributed by atoms with van der Waals surface area (Å²) in [6.45, 7) is 0. The Bertz CT molecular complexity index is 474. The van der Waals surface area contributed by atoms with Crippen LogP contribution in [0.5, 0.6) is 5.88 Å². The van der Waals surface area contributed by atoms with Gasteiger partial charge in [0.15, 0.2) is 0 Å². The van der Waals surface area contributed by atoms with Crippen LogP contribution in [0, 0.1) is 0 Å². The van der Waals surface area contributed by atoms with Gasteiger partial charge in [-0.15, -0.1) is 11.6 Å². The molecule has 96 valence electrons. The van der Waals surface area contributed by atoms with E-state index in [1.165, 1.54) is 6.33 Å². The van der Waals surface area contributed by atoms with Gasteiger partial charge in [0.05, 0.1) is 13.4 Å². The van der Waals surface area contributed by atoms with E-state index in [0.29, 0.717) is 12.3 Å². The molecule has 1 atom stereocenters. The van der Waals surface area contributed by atoms with Crippen LogP contribution in [0.3, 0.4) is 0 Å². The first-order valence-corrected chi connectivity index (χ1v) is 6.23. The van der Waals surface area contributed by atoms with Crippen LogP contribution in [0.25, 0.3) is 0 Å². The van der Waals surface area contributed by atoms with Crippen LogP contribution in [-0.4, -0.2) is 22.5 Å². The molecule has 0 aliphatic heterocycles. The molecule has 4 nitrogen and oxygen atoms in total. The average molecular weight is 267 g/mol. The zero-order valence-electron chi connectivity index (χ0n) is 10.2. The largest absolute Gasteiger partial charge is 0.481 e. The quantitative estimate of drug-likeness (QED) is 0.755. The van der Waals surface area contributed by atoms with Crippen LogP contribution in [0.1, 0.15) is 17.9 Å². The maximum absolute atomic E-state index is 6.28. The molecule has 0 amide bonds. The Labute approximate surface area is 111 Å². The molecule has 0 N–H and O–H groups in total. The first kappa shape index (κ1) is 12.9. The summed E-state index contributed by atoms with van der Waals surface area (Å²) in [4.78, 5) is 8.13. The molecule has 2 aromatic heterocycles. The fourth-order valence-electron chi connectivity index (χ4n) is 1.68. The van der Waals surface area contributed by atoms with E-state index in [0.717, 1.165) is 24.3 Å². The van der Waals surface area contributed by atoms with Gasteiger partial charge in [-0.25, -0.2) is 9.97 Å². The average Bonchev–Trinajstić information content (AvgIpc) is 2.90. The van der Waals surface area contributed by atoms with E-state index in [9.17, 15) is 0 Å². The van der Waals surface area contributed by atoms with Crippen molar-refractivity contribution in [1.82, 2.24) is 9.97 Å². The van der Waals surface area contributed by atoms with Crippen molar-refractivity contribution in [3.05, 3.63) is 42.2 Å². The third kappa shape index (κ3) is 3.74. The molecule has 2 aromatic rings. The Morgan fingerprint density at radius 2 is 2.33 bits per heavy atom. The Balaban J connectivity index is 1.84. The van der Waals surface area contributed by atoms with Crippen molar-refractivity contribution in [2.45, 2.75) is 24.6 Å². The summed E-state index contributed by atoms with van der Waals surface area (Å²) in [6.07, 6.45) is 5.55. The number of halogens is 1. The number of hydrogen-bond donors (Lipinski definition) is 0. The van der Waals surface area contributed by atoms with Crippen molar-refractivity contribution in [2.24, 2.45) is 0 Å². The van der Waals surface area contributed by atoms with E-state index in [-0.39, 0.29) is 5.38 Å². The topological polar surface area (TPSA) is 48.2 Å². The Hall–Kier alpha value is -1.55. The lowest BCUT2D eigenvalue weighted by Crippen LogP contribution is -2.07. The van der Waals surface area contributed by atoms with Crippen molar-refractivity contribution < 1.29 is 9.15 Å². The van der Waals surface area contributed by atoms with Crippen LogP contribution in [0.2, 0.25) is 0 Å². The fourth-order valence-corrected chi connectivity index (χ4v) is 1.95. The zero-order valence-corrected chi connectivity index (χ0v) is 10.9. The molecule has 0 aliphatic carbocycles. The molecule has 1 unspecified atom stereocenters. The van der Waals surface area contributed by atoms with Gasteiger partial charge in [-0.05, 0) is 18.6 Å². The summed E-state index contributed by atoms with van der Waals surface area (Å²) < 4.78 is 10.3. The van der Waals surface area contributed by atoms with Crippen molar-refractivity contribution in [1.29, 1.82) is 0 Å². The lowest BCUT2D eigenvalue weighted by atomic mass is 10.1. The second kappa shape index (κ2) is 6.40. The second-order valence-electron chi connectivity index (χ2n) is 3.97. The number of aryl methyl sites for hydroxylation is 1. The first-order valence-electron chi connectivity index (χ1n) is 5.79. The minimum absolute atomic E-state index is 0.0229. The van der Waals surface area contributed by atoms with Crippen LogP contribution in [-0.2, 0) is 12.8 Å². The highest BCUT2D eigenvalue weighted by Gasteiger charge is 2.09. The molecular weight excluding hydrogens is 252 g/mol. The SMILES string of the molecule is COc1cc(CC(Cl)CCc2ccco2)ncn1. The molecule has 0 aromatic carbocycles. The molecule has 0 fully saturated rings. The molecule has 0 saturated carbocycles. The van der Waals surface area contributed by atoms with Crippen LogP contribution in [0.15, 0.2) is 35.2 Å². The summed E-state index contributed by atoms with van der Waals surface area (Å²) >= 11 is 6.28. The molecule has 0 saturated heterocycles. The summed E-state index contributed by atoms with van der Waals surface area (Å²) in [5.74, 6) is 1.52. The van der Waals surface area contributed by atoms with Gasteiger partial charge >= 0.3 is 0 Å². The Morgan fingerprint density at radius 3 is 3.06 bits per heavy atom. The van der Waals surface area contributed by atoms with Crippen molar-refractivity contribution in [3.63, 3.8) is 0 Å². The van der Waals surface area contributed by atoms with Gasteiger partial charge in [0.25, 0.3) is 0 Å². The van der Waals surface area contributed by atoms with Gasteiger partial charge in [0.1, 0.15) is 12.1 Å². The molecule has 0 radical (unpaired) electrons. The molecule has 0 spiro atoms. The number of methoxy groups -OCH3 is 1. The third-order valence-electron chi connectivity index (χ3n) is 2.62. The maximum atomic E-state index is 6.28. The third-order valence-corrected chi connectivity index (χ3v) is 2.99. The zero-order chi connectivity index (χ0) is 12.8. The molecule has 2 heterocycles. The van der Waals surface area contributed by atoms with E-state index in [1.807, 2.05) is 18.2 Å². The minimum Gasteiger partial charge on any atom is -0.481 e. The van der Waals surface area contributed by atoms with Gasteiger partial charge in [-0.3, -0.25) is 0 Å². The molecule has 18 heavy (non-hydrogen) atoms. The smallest absolute Gasteiger partial charge is 0.216 e. The number of rotatable bonds is 6. The standard InChI is InChI=1S/C13H15ClN2O2/c1-17-13-8-11(15-9-16-13)7-10(14)4-5-12-3-2-6-18-12/h2-3,6,8-10H,4-5,7H2,1H3. The van der Waals surface area contributed by atoms with Crippen molar-refractivity contribution in [2.75, 3.05) is 7.11 Å². The van der Waals surface area contributed by atoms with E-state index in [4.69, 9.17) is 20.8 Å². The highest BCUT2D eigenvalue weighted by molar-refractivity contribution is 6.20. The number of nitrogens with zero attached hydrogens (tertiary/aromatic N) is 2. The van der Waals surface area contributed by atoms with E-state index < -0.39 is 0 Å². The monoisotopic (exact) mass is 266 g/mol. The van der Waals surface area contributed by atoms with E-state index >= 15 is 0 Å². The van der Waals surface area contributed by atoms with Crippen molar-refractivity contribution in [3.8, 4) is 5.88 Å². The van der Waals surface area contributed by atoms with Crippen LogP contribution >= 0.6 is 11.6 Å². The number of hydrogen-bond acceptors (Lipinski definition) is 4. The highest BCUT2D eigenvalue weighted by Crippen LogP contribution is 2.15. The molecule has 2 rings (SSSR count). The predicted octanol–water partition coefficient (Wildman–Crippen LogP) is 2.86. The fraction of sp³-hybridized carbons (Fsp3) is 0.385. The van der Waals surface area contributed by atoms with Gasteiger partial charge in [0.2, 0.25) is 5.88 Å². The molecule has 5 heteroatoms. The lowest BCUT2D eigenvalue weighted by Gasteiger charge is -2.08. The van der Waals surface area contributed by atoms with Gasteiger partial charge in [0, 0.05) is 30.0 Å². The van der Waals surface area contributed by atoms with Crippen molar-refractivity contribution >= 4 is 11.6 Å². The molecular formula is C13H15ClN2O2. The Kier molecular flexibility index (Phi) is 4.59. The minimum atomic E-state index is 0.0229. The number of aromatic nitrogens is 2. The normalized spacial score (nSPS) is 12.3. The van der Waals surface area contributed by atoms with Crippen LogP contribution in [0.4, 0.5) is 0 Å². The summed E-state index contributed by atoms with van der Waals surface area (Å²) in [5, 5.41) is 0.0229. The number of furan rings is 1.